The molecule has 0 radical (unpaired) electrons. The van der Waals surface area contributed by atoms with E-state index in [1.807, 2.05) is 0 Å². The van der Waals surface area contributed by atoms with Crippen LogP contribution in [0.1, 0.15) is 15.9 Å². The number of amides is 1. The molecule has 25 heavy (non-hydrogen) atoms. The number of halogens is 1. The normalized spacial score (nSPS) is 10.6. The number of carbonyl (C=O) groups is 2. The van der Waals surface area contributed by atoms with Crippen molar-refractivity contribution >= 4 is 17.6 Å². The maximum atomic E-state index is 13.6. The smallest absolute Gasteiger partial charge is 0.338 e. The Morgan fingerprint density at radius 3 is 2.60 bits per heavy atom. The van der Waals surface area contributed by atoms with Crippen molar-refractivity contribution in [3.05, 3.63) is 66.0 Å². The highest BCUT2D eigenvalue weighted by Crippen LogP contribution is 2.11. The van der Waals surface area contributed by atoms with Crippen LogP contribution in [0, 0.1) is 5.82 Å². The quantitative estimate of drug-likeness (QED) is 0.708. The average Bonchev–Trinajstić information content (AvgIpc) is 3.19. The summed E-state index contributed by atoms with van der Waals surface area (Å²) in [7, 11) is 0. The molecule has 3 rings (SSSR count). The lowest BCUT2D eigenvalue weighted by molar-refractivity contribution is -0.116. The number of carboxylic acid groups (broad SMARTS) is 1. The zero-order valence-electron chi connectivity index (χ0n) is 13.0. The lowest BCUT2D eigenvalue weighted by Gasteiger charge is -2.04. The van der Waals surface area contributed by atoms with Crippen LogP contribution in [0.25, 0.3) is 0 Å². The van der Waals surface area contributed by atoms with E-state index in [1.54, 1.807) is 24.4 Å². The molecule has 1 aromatic carbocycles. The predicted octanol–water partition coefficient (Wildman–Crippen LogP) is 1.60. The Hall–Kier alpha value is -3.49. The van der Waals surface area contributed by atoms with Crippen molar-refractivity contribution < 1.29 is 19.1 Å². The zero-order valence-corrected chi connectivity index (χ0v) is 13.0. The van der Waals surface area contributed by atoms with E-state index >= 15 is 0 Å². The predicted molar refractivity (Wildman–Crippen MR) is 85.5 cm³/mol. The van der Waals surface area contributed by atoms with Crippen LogP contribution in [0.5, 0.6) is 0 Å². The number of rotatable bonds is 6. The Morgan fingerprint density at radius 1 is 1.12 bits per heavy atom. The van der Waals surface area contributed by atoms with E-state index in [1.165, 1.54) is 34.0 Å². The van der Waals surface area contributed by atoms with Gasteiger partial charge in [0.25, 0.3) is 0 Å². The lowest BCUT2D eigenvalue weighted by atomic mass is 10.2. The number of nitrogens with one attached hydrogen (secondary N) is 1. The SMILES string of the molecule is O=C(Cn1cc(C(=O)O)cn1)Nc1cnn(Cc2ccccc2F)c1. The molecular weight excluding hydrogens is 329 g/mol. The third-order valence-corrected chi connectivity index (χ3v) is 3.39. The molecule has 0 saturated heterocycles. The molecule has 2 N–H and O–H groups in total. The van der Waals surface area contributed by atoms with Crippen LogP contribution in [-0.4, -0.2) is 36.5 Å². The molecule has 0 bridgehead atoms. The van der Waals surface area contributed by atoms with Gasteiger partial charge in [0.05, 0.1) is 30.2 Å². The first-order valence-corrected chi connectivity index (χ1v) is 7.33. The van der Waals surface area contributed by atoms with Gasteiger partial charge in [0.1, 0.15) is 12.4 Å². The van der Waals surface area contributed by atoms with Crippen LogP contribution in [0.2, 0.25) is 0 Å². The van der Waals surface area contributed by atoms with E-state index < -0.39 is 5.97 Å². The summed E-state index contributed by atoms with van der Waals surface area (Å²) in [6, 6.07) is 6.38. The van der Waals surface area contributed by atoms with Crippen LogP contribution in [0.15, 0.2) is 49.1 Å². The highest BCUT2D eigenvalue weighted by atomic mass is 19.1. The highest BCUT2D eigenvalue weighted by Gasteiger charge is 2.10. The van der Waals surface area contributed by atoms with Crippen molar-refractivity contribution in [1.82, 2.24) is 19.6 Å². The lowest BCUT2D eigenvalue weighted by Crippen LogP contribution is -2.18. The van der Waals surface area contributed by atoms with Crippen LogP contribution < -0.4 is 5.32 Å². The van der Waals surface area contributed by atoms with Crippen molar-refractivity contribution in [2.75, 3.05) is 5.32 Å². The Balaban J connectivity index is 1.59. The van der Waals surface area contributed by atoms with Crippen molar-refractivity contribution in [2.24, 2.45) is 0 Å². The molecule has 0 spiro atoms. The van der Waals surface area contributed by atoms with Gasteiger partial charge in [-0.1, -0.05) is 18.2 Å². The molecule has 9 heteroatoms. The summed E-state index contributed by atoms with van der Waals surface area (Å²) >= 11 is 0. The summed E-state index contributed by atoms with van der Waals surface area (Å²) < 4.78 is 16.4. The van der Waals surface area contributed by atoms with E-state index in [0.29, 0.717) is 11.3 Å². The van der Waals surface area contributed by atoms with E-state index in [9.17, 15) is 14.0 Å². The van der Waals surface area contributed by atoms with Gasteiger partial charge in [-0.15, -0.1) is 0 Å². The Morgan fingerprint density at radius 2 is 1.88 bits per heavy atom. The maximum Gasteiger partial charge on any atom is 0.338 e. The van der Waals surface area contributed by atoms with Crippen molar-refractivity contribution in [2.45, 2.75) is 13.1 Å². The molecule has 0 aliphatic heterocycles. The number of hydrogen-bond donors (Lipinski definition) is 2. The minimum atomic E-state index is -1.11. The van der Waals surface area contributed by atoms with Gasteiger partial charge in [0.15, 0.2) is 0 Å². The minimum absolute atomic E-state index is 0.00510. The first-order valence-electron chi connectivity index (χ1n) is 7.33. The number of benzene rings is 1. The van der Waals surface area contributed by atoms with Gasteiger partial charge in [-0.3, -0.25) is 14.2 Å². The fourth-order valence-electron chi connectivity index (χ4n) is 2.22. The van der Waals surface area contributed by atoms with Crippen LogP contribution in [0.3, 0.4) is 0 Å². The molecule has 128 valence electrons. The van der Waals surface area contributed by atoms with Gasteiger partial charge in [-0.25, -0.2) is 9.18 Å². The van der Waals surface area contributed by atoms with Gasteiger partial charge in [-0.2, -0.15) is 10.2 Å². The van der Waals surface area contributed by atoms with Crippen molar-refractivity contribution in [1.29, 1.82) is 0 Å². The van der Waals surface area contributed by atoms with Gasteiger partial charge in [0.2, 0.25) is 5.91 Å². The molecule has 0 fully saturated rings. The zero-order chi connectivity index (χ0) is 17.8. The Labute approximate surface area is 141 Å². The number of carbonyl (C=O) groups excluding carboxylic acids is 1. The van der Waals surface area contributed by atoms with E-state index in [0.717, 1.165) is 0 Å². The van der Waals surface area contributed by atoms with Gasteiger partial charge in [0, 0.05) is 18.0 Å². The fourth-order valence-corrected chi connectivity index (χ4v) is 2.22. The molecule has 0 aliphatic rings. The summed E-state index contributed by atoms with van der Waals surface area (Å²) in [5, 5.41) is 19.3. The molecular formula is C16H14FN5O3. The van der Waals surface area contributed by atoms with E-state index in [2.05, 4.69) is 15.5 Å². The number of carboxylic acids is 1. The largest absolute Gasteiger partial charge is 0.478 e. The first-order chi connectivity index (χ1) is 12.0. The second kappa shape index (κ2) is 6.95. The van der Waals surface area contributed by atoms with Crippen LogP contribution in [-0.2, 0) is 17.9 Å². The molecule has 2 aromatic heterocycles. The summed E-state index contributed by atoms with van der Waals surface area (Å²) in [4.78, 5) is 22.7. The molecule has 0 unspecified atom stereocenters. The van der Waals surface area contributed by atoms with Gasteiger partial charge < -0.3 is 10.4 Å². The Bertz CT molecular complexity index is 918. The molecule has 8 nitrogen and oxygen atoms in total. The third kappa shape index (κ3) is 4.08. The van der Waals surface area contributed by atoms with E-state index in [4.69, 9.17) is 5.11 Å². The first kappa shape index (κ1) is 16.4. The van der Waals surface area contributed by atoms with Crippen molar-refractivity contribution in [3.63, 3.8) is 0 Å². The minimum Gasteiger partial charge on any atom is -0.478 e. The topological polar surface area (TPSA) is 102 Å². The number of hydrogen-bond acceptors (Lipinski definition) is 4. The maximum absolute atomic E-state index is 13.6. The molecule has 0 atom stereocenters. The summed E-state index contributed by atoms with van der Waals surface area (Å²) in [6.07, 6.45) is 5.46. The fraction of sp³-hybridized carbons (Fsp3) is 0.125. The molecule has 0 saturated carbocycles. The average molecular weight is 343 g/mol. The van der Waals surface area contributed by atoms with Gasteiger partial charge in [-0.05, 0) is 6.07 Å². The number of aromatic carboxylic acids is 1. The number of aromatic nitrogens is 4. The number of nitrogens with zero attached hydrogens (tertiary/aromatic N) is 4. The van der Waals surface area contributed by atoms with E-state index in [-0.39, 0.29) is 30.4 Å². The Kier molecular flexibility index (Phi) is 4.55. The summed E-state index contributed by atoms with van der Waals surface area (Å²) in [5.74, 6) is -1.82. The van der Waals surface area contributed by atoms with Crippen LogP contribution >= 0.6 is 0 Å². The third-order valence-electron chi connectivity index (χ3n) is 3.39. The summed E-state index contributed by atoms with van der Waals surface area (Å²) in [5.41, 5.74) is 0.943. The highest BCUT2D eigenvalue weighted by molar-refractivity contribution is 5.90. The molecule has 1 amide bonds. The standard InChI is InChI=1S/C16H14FN5O3/c17-14-4-2-1-3-11(14)7-21-9-13(6-19-21)20-15(23)10-22-8-12(5-18-22)16(24)25/h1-6,8-9H,7,10H2,(H,20,23)(H,24,25). The van der Waals surface area contributed by atoms with Crippen molar-refractivity contribution in [3.8, 4) is 0 Å². The molecule has 0 aliphatic carbocycles. The summed E-state index contributed by atoms with van der Waals surface area (Å²) in [6.45, 7) is 0.107. The monoisotopic (exact) mass is 343 g/mol. The second-order valence-electron chi connectivity index (χ2n) is 5.30. The second-order valence-corrected chi connectivity index (χ2v) is 5.30. The number of anilines is 1. The molecule has 3 aromatic rings. The van der Waals surface area contributed by atoms with Gasteiger partial charge >= 0.3 is 5.97 Å². The van der Waals surface area contributed by atoms with Crippen LogP contribution in [0.4, 0.5) is 10.1 Å². The molecule has 2 heterocycles.